The Bertz CT molecular complexity index is 1290. The van der Waals surface area contributed by atoms with Crippen LogP contribution >= 0.6 is 0 Å². The molecular weight excluding hydrogens is 474 g/mol. The largest absolute Gasteiger partial charge is 0.346 e. The summed E-state index contributed by atoms with van der Waals surface area (Å²) in [5.41, 5.74) is 4.13. The van der Waals surface area contributed by atoms with E-state index in [2.05, 4.69) is 64.8 Å². The number of benzene rings is 2. The third kappa shape index (κ3) is 7.27. The van der Waals surface area contributed by atoms with Gasteiger partial charge in [0.15, 0.2) is 0 Å². The van der Waals surface area contributed by atoms with E-state index in [1.54, 1.807) is 4.68 Å². The van der Waals surface area contributed by atoms with Crippen LogP contribution in [0.5, 0.6) is 0 Å². The fraction of sp³-hybridized carbons (Fsp3) is 0.500. The van der Waals surface area contributed by atoms with Crippen LogP contribution in [0.1, 0.15) is 89.4 Å². The van der Waals surface area contributed by atoms with Gasteiger partial charge in [-0.1, -0.05) is 114 Å². The van der Waals surface area contributed by atoms with Crippen LogP contribution in [0.2, 0.25) is 0 Å². The number of nitrogens with zero attached hydrogens (tertiary/aromatic N) is 6. The maximum atomic E-state index is 13.3. The first-order valence-corrected chi connectivity index (χ1v) is 14.3. The van der Waals surface area contributed by atoms with E-state index >= 15 is 0 Å². The Morgan fingerprint density at radius 2 is 1.47 bits per heavy atom. The van der Waals surface area contributed by atoms with E-state index in [0.717, 1.165) is 53.8 Å². The molecule has 0 spiro atoms. The molecule has 0 saturated carbocycles. The average Bonchev–Trinajstić information content (AvgIpc) is 3.58. The van der Waals surface area contributed by atoms with Crippen molar-refractivity contribution in [2.24, 2.45) is 0 Å². The van der Waals surface area contributed by atoms with Crippen molar-refractivity contribution in [3.05, 3.63) is 70.4 Å². The topological polar surface area (TPSA) is 94.3 Å². The number of aromatic amines is 1. The van der Waals surface area contributed by atoms with Gasteiger partial charge in [0.1, 0.15) is 5.82 Å². The van der Waals surface area contributed by atoms with Gasteiger partial charge in [-0.05, 0) is 34.7 Å². The summed E-state index contributed by atoms with van der Waals surface area (Å²) in [5.74, 6) is 1.48. The lowest BCUT2D eigenvalue weighted by atomic mass is 9.98. The van der Waals surface area contributed by atoms with Crippen LogP contribution in [0.3, 0.4) is 0 Å². The van der Waals surface area contributed by atoms with E-state index in [9.17, 15) is 4.79 Å². The van der Waals surface area contributed by atoms with E-state index in [4.69, 9.17) is 5.10 Å². The van der Waals surface area contributed by atoms with Gasteiger partial charge >= 0.3 is 5.69 Å². The third-order valence-corrected chi connectivity index (χ3v) is 7.10. The van der Waals surface area contributed by atoms with E-state index in [1.807, 2.05) is 22.8 Å². The Kier molecular flexibility index (Phi) is 10.4. The van der Waals surface area contributed by atoms with Crippen molar-refractivity contribution in [2.75, 3.05) is 0 Å². The highest BCUT2D eigenvalue weighted by Gasteiger charge is 2.15. The van der Waals surface area contributed by atoms with Gasteiger partial charge < -0.3 is 0 Å². The molecule has 4 aromatic rings. The number of aromatic nitrogens is 7. The van der Waals surface area contributed by atoms with Crippen LogP contribution in [0, 0.1) is 0 Å². The lowest BCUT2D eigenvalue weighted by molar-refractivity contribution is 0.520. The van der Waals surface area contributed by atoms with Gasteiger partial charge in [0.2, 0.25) is 5.82 Å². The lowest BCUT2D eigenvalue weighted by Crippen LogP contribution is -2.26. The zero-order valence-corrected chi connectivity index (χ0v) is 22.9. The zero-order chi connectivity index (χ0) is 26.6. The van der Waals surface area contributed by atoms with Crippen molar-refractivity contribution >= 4 is 0 Å². The smallest absolute Gasteiger partial charge is 0.274 e. The molecule has 38 heavy (non-hydrogen) atoms. The minimum absolute atomic E-state index is 0.00834. The first-order valence-electron chi connectivity index (χ1n) is 14.3. The second-order valence-corrected chi connectivity index (χ2v) is 10.1. The minimum Gasteiger partial charge on any atom is -0.274 e. The van der Waals surface area contributed by atoms with E-state index in [-0.39, 0.29) is 5.69 Å². The molecule has 0 amide bonds. The maximum Gasteiger partial charge on any atom is 0.346 e. The summed E-state index contributed by atoms with van der Waals surface area (Å²) in [5, 5.41) is 19.3. The van der Waals surface area contributed by atoms with Crippen molar-refractivity contribution in [3.8, 4) is 22.5 Å². The number of tetrazole rings is 1. The van der Waals surface area contributed by atoms with Crippen molar-refractivity contribution in [1.82, 2.24) is 35.0 Å². The van der Waals surface area contributed by atoms with E-state index < -0.39 is 0 Å². The molecule has 8 nitrogen and oxygen atoms in total. The second-order valence-electron chi connectivity index (χ2n) is 10.1. The molecule has 0 aliphatic rings. The molecule has 0 atom stereocenters. The van der Waals surface area contributed by atoms with Crippen LogP contribution in [0.4, 0.5) is 0 Å². The van der Waals surface area contributed by atoms with Crippen LogP contribution in [0.15, 0.2) is 53.3 Å². The Morgan fingerprint density at radius 1 is 0.789 bits per heavy atom. The first-order chi connectivity index (χ1) is 18.7. The summed E-state index contributed by atoms with van der Waals surface area (Å²) in [4.78, 5) is 13.3. The SMILES string of the molecule is CCCCCCCCc1nn(CCCCCC)c(=O)n1Cc1ccc(-c2ccccc2-c2nn[nH]n2)cc1. The molecule has 1 N–H and O–H groups in total. The van der Waals surface area contributed by atoms with Crippen LogP contribution in [-0.4, -0.2) is 35.0 Å². The monoisotopic (exact) mass is 515 g/mol. The fourth-order valence-electron chi connectivity index (χ4n) is 4.91. The molecule has 2 aromatic carbocycles. The van der Waals surface area contributed by atoms with Gasteiger partial charge in [0.25, 0.3) is 0 Å². The summed E-state index contributed by atoms with van der Waals surface area (Å²) in [7, 11) is 0. The molecule has 202 valence electrons. The fourth-order valence-corrected chi connectivity index (χ4v) is 4.91. The molecule has 2 aromatic heterocycles. The Hall–Kier alpha value is -3.55. The molecule has 4 rings (SSSR count). The number of hydrogen-bond donors (Lipinski definition) is 1. The quantitative estimate of drug-likeness (QED) is 0.174. The standard InChI is InChI=1S/C30H41N7O/c1-3-5-7-9-10-11-17-28-33-37(22-14-8-6-4-2)30(38)36(28)23-24-18-20-25(21-19-24)26-15-12-13-16-27(26)29-31-34-35-32-29/h12-13,15-16,18-21H,3-11,14,17,22-23H2,1-2H3,(H,31,32,34,35). The minimum atomic E-state index is 0.00834. The number of unbranched alkanes of at least 4 members (excludes halogenated alkanes) is 8. The summed E-state index contributed by atoms with van der Waals surface area (Å²) >= 11 is 0. The molecule has 0 radical (unpaired) electrons. The summed E-state index contributed by atoms with van der Waals surface area (Å²) < 4.78 is 3.58. The number of H-pyrrole nitrogens is 1. The predicted octanol–water partition coefficient (Wildman–Crippen LogP) is 6.42. The van der Waals surface area contributed by atoms with E-state index in [0.29, 0.717) is 18.9 Å². The molecule has 0 unspecified atom stereocenters. The van der Waals surface area contributed by atoms with Gasteiger partial charge in [0.05, 0.1) is 6.54 Å². The number of rotatable bonds is 16. The normalized spacial score (nSPS) is 11.3. The van der Waals surface area contributed by atoms with Gasteiger partial charge in [-0.25, -0.2) is 9.48 Å². The van der Waals surface area contributed by atoms with Crippen LogP contribution < -0.4 is 5.69 Å². The second kappa shape index (κ2) is 14.4. The molecule has 0 bridgehead atoms. The first kappa shape index (κ1) is 27.5. The van der Waals surface area contributed by atoms with Gasteiger partial charge in [0, 0.05) is 18.5 Å². The van der Waals surface area contributed by atoms with E-state index in [1.165, 1.54) is 44.9 Å². The van der Waals surface area contributed by atoms with Crippen molar-refractivity contribution in [3.63, 3.8) is 0 Å². The van der Waals surface area contributed by atoms with Crippen molar-refractivity contribution < 1.29 is 0 Å². The lowest BCUT2D eigenvalue weighted by Gasteiger charge is -2.09. The molecule has 0 saturated heterocycles. The molecule has 0 fully saturated rings. The number of hydrogen-bond acceptors (Lipinski definition) is 5. The molecule has 0 aliphatic heterocycles. The van der Waals surface area contributed by atoms with Crippen molar-refractivity contribution in [1.29, 1.82) is 0 Å². The maximum absolute atomic E-state index is 13.3. The van der Waals surface area contributed by atoms with Crippen LogP contribution in [0.25, 0.3) is 22.5 Å². The molecule has 2 heterocycles. The highest BCUT2D eigenvalue weighted by molar-refractivity contribution is 5.80. The molecule has 0 aliphatic carbocycles. The molecular formula is C30H41N7O. The highest BCUT2D eigenvalue weighted by Crippen LogP contribution is 2.29. The summed E-state index contributed by atoms with van der Waals surface area (Å²) in [6.07, 6.45) is 12.7. The van der Waals surface area contributed by atoms with Gasteiger partial charge in [-0.3, -0.25) is 4.57 Å². The summed E-state index contributed by atoms with van der Waals surface area (Å²) in [6.45, 7) is 5.67. The Labute approximate surface area is 225 Å². The van der Waals surface area contributed by atoms with Crippen LogP contribution in [-0.2, 0) is 19.5 Å². The molecule has 8 heteroatoms. The third-order valence-electron chi connectivity index (χ3n) is 7.10. The van der Waals surface area contributed by atoms with Gasteiger partial charge in [-0.2, -0.15) is 10.3 Å². The number of aryl methyl sites for hydroxylation is 2. The highest BCUT2D eigenvalue weighted by atomic mass is 16.2. The Morgan fingerprint density at radius 3 is 2.18 bits per heavy atom. The van der Waals surface area contributed by atoms with Gasteiger partial charge in [-0.15, -0.1) is 10.2 Å². The zero-order valence-electron chi connectivity index (χ0n) is 22.9. The van der Waals surface area contributed by atoms with Crippen molar-refractivity contribution in [2.45, 2.75) is 97.6 Å². The predicted molar refractivity (Wildman–Crippen MR) is 152 cm³/mol. The average molecular weight is 516 g/mol. The number of nitrogens with one attached hydrogen (secondary N) is 1. The summed E-state index contributed by atoms with van der Waals surface area (Å²) in [6, 6.07) is 16.4. The Balaban J connectivity index is 1.50.